The van der Waals surface area contributed by atoms with Crippen LogP contribution in [0.3, 0.4) is 0 Å². The zero-order valence-corrected chi connectivity index (χ0v) is 17.4. The van der Waals surface area contributed by atoms with Crippen LogP contribution in [0.2, 0.25) is 5.02 Å². The fraction of sp³-hybridized carbons (Fsp3) is 0.273. The number of nitrogens with one attached hydrogen (secondary N) is 1. The smallest absolute Gasteiger partial charge is 0.159 e. The summed E-state index contributed by atoms with van der Waals surface area (Å²) in [6.07, 6.45) is 0. The summed E-state index contributed by atoms with van der Waals surface area (Å²) < 4.78 is 0. The van der Waals surface area contributed by atoms with Crippen molar-refractivity contribution in [3.63, 3.8) is 0 Å². The third kappa shape index (κ3) is 4.27. The second kappa shape index (κ2) is 8.43. The van der Waals surface area contributed by atoms with Crippen molar-refractivity contribution in [2.75, 3.05) is 31.1 Å². The zero-order chi connectivity index (χ0) is 19.5. The van der Waals surface area contributed by atoms with E-state index in [0.29, 0.717) is 0 Å². The fourth-order valence-electron chi connectivity index (χ4n) is 3.57. The van der Waals surface area contributed by atoms with Crippen LogP contribution in [0.25, 0.3) is 10.6 Å². The lowest BCUT2D eigenvalue weighted by molar-refractivity contribution is -0.914. The molecule has 1 saturated heterocycles. The number of thiazole rings is 1. The highest BCUT2D eigenvalue weighted by molar-refractivity contribution is 7.13. The molecule has 1 fully saturated rings. The number of anilines is 1. The van der Waals surface area contributed by atoms with Crippen LogP contribution in [-0.4, -0.2) is 36.9 Å². The molecule has 4 nitrogen and oxygen atoms in total. The van der Waals surface area contributed by atoms with E-state index in [0.717, 1.165) is 59.6 Å². The predicted molar refractivity (Wildman–Crippen MR) is 116 cm³/mol. The lowest BCUT2D eigenvalue weighted by Gasteiger charge is -2.33. The first-order valence-electron chi connectivity index (χ1n) is 9.49. The third-order valence-electron chi connectivity index (χ3n) is 5.20. The van der Waals surface area contributed by atoms with Gasteiger partial charge in [0.15, 0.2) is 5.78 Å². The molecule has 0 spiro atoms. The number of nitrogens with zero attached hydrogens (tertiary/aromatic N) is 2. The van der Waals surface area contributed by atoms with Gasteiger partial charge >= 0.3 is 0 Å². The zero-order valence-electron chi connectivity index (χ0n) is 15.8. The first-order valence-corrected chi connectivity index (χ1v) is 10.7. The lowest BCUT2D eigenvalue weighted by atomic mass is 10.1. The first kappa shape index (κ1) is 19.1. The second-order valence-corrected chi connectivity index (χ2v) is 8.41. The van der Waals surface area contributed by atoms with E-state index < -0.39 is 0 Å². The molecule has 28 heavy (non-hydrogen) atoms. The van der Waals surface area contributed by atoms with Crippen LogP contribution in [0.15, 0.2) is 53.9 Å². The van der Waals surface area contributed by atoms with Crippen molar-refractivity contribution < 1.29 is 9.69 Å². The van der Waals surface area contributed by atoms with Gasteiger partial charge < -0.3 is 9.80 Å². The summed E-state index contributed by atoms with van der Waals surface area (Å²) in [5, 5.41) is 3.89. The molecule has 0 amide bonds. The van der Waals surface area contributed by atoms with E-state index in [9.17, 15) is 4.79 Å². The number of aromatic nitrogens is 1. The Hall–Kier alpha value is -2.21. The van der Waals surface area contributed by atoms with Gasteiger partial charge in [0.25, 0.3) is 0 Å². The number of hydrogen-bond donors (Lipinski definition) is 1. The molecule has 1 aliphatic rings. The van der Waals surface area contributed by atoms with Gasteiger partial charge in [-0.3, -0.25) is 4.79 Å². The number of benzene rings is 2. The molecule has 0 unspecified atom stereocenters. The van der Waals surface area contributed by atoms with E-state index in [4.69, 9.17) is 16.6 Å². The Morgan fingerprint density at radius 2 is 1.86 bits per heavy atom. The maximum Gasteiger partial charge on any atom is 0.159 e. The summed E-state index contributed by atoms with van der Waals surface area (Å²) in [6.45, 7) is 6.72. The molecule has 3 aromatic rings. The van der Waals surface area contributed by atoms with Crippen molar-refractivity contribution in [1.29, 1.82) is 0 Å². The average molecular weight is 413 g/mol. The van der Waals surface area contributed by atoms with E-state index in [-0.39, 0.29) is 5.78 Å². The van der Waals surface area contributed by atoms with Crippen molar-refractivity contribution in [3.05, 3.63) is 70.2 Å². The molecule has 0 aliphatic carbocycles. The number of carbonyl (C=O) groups is 1. The van der Waals surface area contributed by atoms with Crippen LogP contribution in [0.5, 0.6) is 0 Å². The fourth-order valence-corrected chi connectivity index (χ4v) is 4.71. The molecule has 1 N–H and O–H groups in total. The van der Waals surface area contributed by atoms with Gasteiger partial charge in [-0.1, -0.05) is 29.8 Å². The molecule has 1 aromatic heterocycles. The van der Waals surface area contributed by atoms with E-state index in [2.05, 4.69) is 22.4 Å². The van der Waals surface area contributed by atoms with Crippen molar-refractivity contribution in [2.45, 2.75) is 13.5 Å². The van der Waals surface area contributed by atoms with Crippen LogP contribution in [0.1, 0.15) is 23.0 Å². The molecule has 4 rings (SSSR count). The van der Waals surface area contributed by atoms with E-state index >= 15 is 0 Å². The van der Waals surface area contributed by atoms with E-state index in [1.54, 1.807) is 23.2 Å². The third-order valence-corrected chi connectivity index (χ3v) is 6.45. The Labute approximate surface area is 174 Å². The Bertz CT molecular complexity index is 962. The predicted octanol–water partition coefficient (Wildman–Crippen LogP) is 3.57. The number of rotatable bonds is 5. The van der Waals surface area contributed by atoms with Crippen LogP contribution < -0.4 is 9.80 Å². The van der Waals surface area contributed by atoms with Gasteiger partial charge in [-0.05, 0) is 37.3 Å². The van der Waals surface area contributed by atoms with Crippen LogP contribution in [-0.2, 0) is 6.54 Å². The van der Waals surface area contributed by atoms with E-state index in [1.807, 2.05) is 36.4 Å². The summed E-state index contributed by atoms with van der Waals surface area (Å²) in [6, 6.07) is 15.8. The minimum atomic E-state index is 0.111. The highest BCUT2D eigenvalue weighted by atomic mass is 35.5. The summed E-state index contributed by atoms with van der Waals surface area (Å²) in [5.41, 5.74) is 4.10. The Morgan fingerprint density at radius 3 is 2.54 bits per heavy atom. The van der Waals surface area contributed by atoms with Gasteiger partial charge in [-0.25, -0.2) is 4.98 Å². The van der Waals surface area contributed by atoms with Crippen LogP contribution in [0.4, 0.5) is 5.69 Å². The standard InChI is InChI=1S/C22H22ClN3OS/c1-16(27)17-6-8-19(9-7-17)26-12-10-25(11-13-26)14-18-15-28-22(24-18)20-4-2-3-5-21(20)23/h2-9,15H,10-14H2,1H3/p+1. The quantitative estimate of drug-likeness (QED) is 0.651. The largest absolute Gasteiger partial charge is 0.360 e. The minimum Gasteiger partial charge on any atom is -0.360 e. The monoisotopic (exact) mass is 412 g/mol. The van der Waals surface area contributed by atoms with Gasteiger partial charge in [0, 0.05) is 22.2 Å². The average Bonchev–Trinajstić information content (AvgIpc) is 3.17. The van der Waals surface area contributed by atoms with Gasteiger partial charge in [0.05, 0.1) is 31.2 Å². The molecule has 1 aliphatic heterocycles. The van der Waals surface area contributed by atoms with Crippen molar-refractivity contribution >= 4 is 34.4 Å². The first-order chi connectivity index (χ1) is 13.6. The maximum atomic E-state index is 11.4. The number of carbonyl (C=O) groups excluding carboxylic acids is 1. The normalized spacial score (nSPS) is 15.0. The molecular weight excluding hydrogens is 390 g/mol. The van der Waals surface area contributed by atoms with Crippen molar-refractivity contribution in [1.82, 2.24) is 4.98 Å². The molecule has 2 heterocycles. The Morgan fingerprint density at radius 1 is 1.14 bits per heavy atom. The summed E-state index contributed by atoms with van der Waals surface area (Å²) in [7, 11) is 0. The summed E-state index contributed by atoms with van der Waals surface area (Å²) in [4.78, 5) is 20.2. The molecule has 6 heteroatoms. The molecular formula is C22H23ClN3OS+. The van der Waals surface area contributed by atoms with Gasteiger partial charge in [-0.15, -0.1) is 11.3 Å². The number of halogens is 1. The summed E-state index contributed by atoms with van der Waals surface area (Å²) >= 11 is 7.96. The minimum absolute atomic E-state index is 0.111. The maximum absolute atomic E-state index is 11.4. The second-order valence-electron chi connectivity index (χ2n) is 7.14. The molecule has 144 valence electrons. The van der Waals surface area contributed by atoms with Crippen LogP contribution in [0, 0.1) is 0 Å². The van der Waals surface area contributed by atoms with E-state index in [1.165, 1.54) is 5.69 Å². The van der Waals surface area contributed by atoms with Gasteiger partial charge in [0.2, 0.25) is 0 Å². The SMILES string of the molecule is CC(=O)c1ccc(N2CC[NH+](Cc3csc(-c4ccccc4Cl)n3)CC2)cc1. The van der Waals surface area contributed by atoms with Crippen molar-refractivity contribution in [2.24, 2.45) is 0 Å². The number of ketones is 1. The number of piperazine rings is 1. The number of quaternary nitrogens is 1. The Balaban J connectivity index is 1.35. The summed E-state index contributed by atoms with van der Waals surface area (Å²) in [5.74, 6) is 0.111. The van der Waals surface area contributed by atoms with Crippen LogP contribution >= 0.6 is 22.9 Å². The highest BCUT2D eigenvalue weighted by Crippen LogP contribution is 2.29. The molecule has 0 radical (unpaired) electrons. The lowest BCUT2D eigenvalue weighted by Crippen LogP contribution is -3.13. The number of Topliss-reactive ketones (excluding diaryl/α,β-unsaturated/α-hetero) is 1. The molecule has 0 saturated carbocycles. The highest BCUT2D eigenvalue weighted by Gasteiger charge is 2.21. The molecule has 2 aromatic carbocycles. The van der Waals surface area contributed by atoms with Gasteiger partial charge in [-0.2, -0.15) is 0 Å². The topological polar surface area (TPSA) is 37.6 Å². The number of hydrogen-bond acceptors (Lipinski definition) is 4. The van der Waals surface area contributed by atoms with Crippen molar-refractivity contribution in [3.8, 4) is 10.6 Å². The molecule has 0 bridgehead atoms. The van der Waals surface area contributed by atoms with Gasteiger partial charge in [0.1, 0.15) is 17.2 Å². The molecule has 0 atom stereocenters. The Kier molecular flexibility index (Phi) is 5.76.